The van der Waals surface area contributed by atoms with Gasteiger partial charge in [0, 0.05) is 0 Å². The topological polar surface area (TPSA) is 66.8 Å². The lowest BCUT2D eigenvalue weighted by molar-refractivity contribution is 0.157. The molecule has 1 aliphatic rings. The molecule has 7 heteroatoms. The minimum atomic E-state index is 0.00858. The molecule has 6 nitrogen and oxygen atoms in total. The molecule has 0 radical (unpaired) electrons. The highest BCUT2D eigenvalue weighted by Gasteiger charge is 2.31. The SMILES string of the molecule is CC1CCN(C(c2ccccc2)c2sc3nc(-c4ccco4)nn3c2O)CC1. The predicted octanol–water partition coefficient (Wildman–Crippen LogP) is 4.58. The van der Waals surface area contributed by atoms with Crippen LogP contribution in [0.25, 0.3) is 16.5 Å². The van der Waals surface area contributed by atoms with E-state index in [9.17, 15) is 5.11 Å². The van der Waals surface area contributed by atoms with Gasteiger partial charge in [0.05, 0.1) is 17.2 Å². The number of furan rings is 1. The number of aromatic hydroxyl groups is 1. The van der Waals surface area contributed by atoms with Crippen LogP contribution in [-0.4, -0.2) is 37.7 Å². The molecule has 0 bridgehead atoms. The second-order valence-corrected chi connectivity index (χ2v) is 8.44. The number of hydrogen-bond acceptors (Lipinski definition) is 6. The van der Waals surface area contributed by atoms with Crippen LogP contribution in [0.2, 0.25) is 0 Å². The Labute approximate surface area is 167 Å². The first kappa shape index (κ1) is 17.5. The third-order valence-corrected chi connectivity index (χ3v) is 6.56. The summed E-state index contributed by atoms with van der Waals surface area (Å²) in [5.74, 6) is 2.00. The Bertz CT molecular complexity index is 1060. The monoisotopic (exact) mass is 394 g/mol. The maximum Gasteiger partial charge on any atom is 0.230 e. The normalized spacial score (nSPS) is 17.3. The van der Waals surface area contributed by atoms with Crippen molar-refractivity contribution in [2.75, 3.05) is 13.1 Å². The van der Waals surface area contributed by atoms with E-state index < -0.39 is 0 Å². The Morgan fingerprint density at radius 3 is 2.61 bits per heavy atom. The van der Waals surface area contributed by atoms with Crippen LogP contribution in [0.15, 0.2) is 53.1 Å². The van der Waals surface area contributed by atoms with Crippen molar-refractivity contribution in [2.45, 2.75) is 25.8 Å². The van der Waals surface area contributed by atoms with Gasteiger partial charge in [0.25, 0.3) is 0 Å². The van der Waals surface area contributed by atoms with E-state index >= 15 is 0 Å². The molecule has 0 saturated carbocycles. The van der Waals surface area contributed by atoms with Crippen molar-refractivity contribution in [1.82, 2.24) is 19.5 Å². The van der Waals surface area contributed by atoms with Crippen LogP contribution in [0.1, 0.15) is 36.2 Å². The van der Waals surface area contributed by atoms with Gasteiger partial charge in [-0.15, -0.1) is 5.10 Å². The molecule has 144 valence electrons. The summed E-state index contributed by atoms with van der Waals surface area (Å²) in [6.45, 7) is 4.35. The average Bonchev–Trinajstić information content (AvgIpc) is 3.43. The molecule has 5 rings (SSSR count). The van der Waals surface area contributed by atoms with Crippen LogP contribution in [-0.2, 0) is 0 Å². The Morgan fingerprint density at radius 1 is 1.14 bits per heavy atom. The lowest BCUT2D eigenvalue weighted by Gasteiger charge is -2.36. The fourth-order valence-electron chi connectivity index (χ4n) is 3.89. The van der Waals surface area contributed by atoms with E-state index in [4.69, 9.17) is 4.42 Å². The van der Waals surface area contributed by atoms with Gasteiger partial charge < -0.3 is 9.52 Å². The lowest BCUT2D eigenvalue weighted by atomic mass is 9.95. The van der Waals surface area contributed by atoms with Gasteiger partial charge in [-0.1, -0.05) is 48.6 Å². The van der Waals surface area contributed by atoms with Gasteiger partial charge in [0.15, 0.2) is 5.76 Å². The largest absolute Gasteiger partial charge is 0.492 e. The number of piperidine rings is 1. The van der Waals surface area contributed by atoms with E-state index in [-0.39, 0.29) is 11.9 Å². The molecule has 0 amide bonds. The fourth-order valence-corrected chi connectivity index (χ4v) is 5.01. The quantitative estimate of drug-likeness (QED) is 0.549. The van der Waals surface area contributed by atoms with Crippen molar-refractivity contribution in [2.24, 2.45) is 5.92 Å². The summed E-state index contributed by atoms with van der Waals surface area (Å²) in [5, 5.41) is 15.5. The summed E-state index contributed by atoms with van der Waals surface area (Å²) in [5.41, 5.74) is 1.18. The minimum Gasteiger partial charge on any atom is -0.492 e. The molecule has 1 fully saturated rings. The van der Waals surface area contributed by atoms with Crippen LogP contribution in [0.3, 0.4) is 0 Å². The van der Waals surface area contributed by atoms with Gasteiger partial charge in [-0.3, -0.25) is 4.90 Å². The summed E-state index contributed by atoms with van der Waals surface area (Å²) < 4.78 is 6.92. The number of likely N-dealkylation sites (tertiary alicyclic amines) is 1. The Morgan fingerprint density at radius 2 is 1.93 bits per heavy atom. The van der Waals surface area contributed by atoms with Crippen LogP contribution >= 0.6 is 11.3 Å². The first-order valence-corrected chi connectivity index (χ1v) is 10.4. The van der Waals surface area contributed by atoms with E-state index in [1.54, 1.807) is 12.3 Å². The average molecular weight is 395 g/mol. The molecule has 28 heavy (non-hydrogen) atoms. The van der Waals surface area contributed by atoms with Crippen molar-refractivity contribution in [1.29, 1.82) is 0 Å². The number of fused-ring (bicyclic) bond motifs is 1. The third kappa shape index (κ3) is 3.00. The van der Waals surface area contributed by atoms with Crippen LogP contribution in [0, 0.1) is 5.92 Å². The van der Waals surface area contributed by atoms with Crippen molar-refractivity contribution < 1.29 is 9.52 Å². The number of nitrogens with zero attached hydrogens (tertiary/aromatic N) is 4. The fraction of sp³-hybridized carbons (Fsp3) is 0.333. The lowest BCUT2D eigenvalue weighted by Crippen LogP contribution is -2.36. The minimum absolute atomic E-state index is 0.00858. The molecule has 3 aromatic heterocycles. The van der Waals surface area contributed by atoms with E-state index in [0.29, 0.717) is 16.5 Å². The van der Waals surface area contributed by atoms with E-state index in [2.05, 4.69) is 46.2 Å². The van der Waals surface area contributed by atoms with Gasteiger partial charge in [-0.05, 0) is 49.5 Å². The molecule has 1 unspecified atom stereocenters. The van der Waals surface area contributed by atoms with Gasteiger partial charge >= 0.3 is 0 Å². The molecule has 0 aliphatic carbocycles. The standard InChI is InChI=1S/C21H22N4O2S/c1-14-9-11-24(12-10-14)17(15-6-3-2-4-7-15)18-20(26)25-21(28-18)22-19(23-25)16-8-5-13-27-16/h2-8,13-14,17,26H,9-12H2,1H3. The zero-order valence-corrected chi connectivity index (χ0v) is 16.5. The first-order chi connectivity index (χ1) is 13.7. The van der Waals surface area contributed by atoms with Gasteiger partial charge in [0.2, 0.25) is 16.7 Å². The number of aromatic nitrogens is 3. The van der Waals surface area contributed by atoms with Crippen molar-refractivity contribution in [3.8, 4) is 17.5 Å². The van der Waals surface area contributed by atoms with E-state index in [0.717, 1.165) is 23.9 Å². The third-order valence-electron chi connectivity index (χ3n) is 5.49. The molecule has 0 spiro atoms. The molecule has 1 aliphatic heterocycles. The van der Waals surface area contributed by atoms with E-state index in [1.165, 1.54) is 34.3 Å². The second kappa shape index (κ2) is 7.07. The molecule has 1 aromatic carbocycles. The van der Waals surface area contributed by atoms with E-state index in [1.807, 2.05) is 12.1 Å². The van der Waals surface area contributed by atoms with Crippen LogP contribution in [0.5, 0.6) is 5.88 Å². The number of hydrogen-bond donors (Lipinski definition) is 1. The summed E-state index contributed by atoms with van der Waals surface area (Å²) in [6, 6.07) is 14.0. The number of benzene rings is 1. The smallest absolute Gasteiger partial charge is 0.230 e. The highest BCUT2D eigenvalue weighted by atomic mass is 32.1. The molecular weight excluding hydrogens is 372 g/mol. The number of rotatable bonds is 4. The highest BCUT2D eigenvalue weighted by Crippen LogP contribution is 2.41. The molecule has 4 aromatic rings. The van der Waals surface area contributed by atoms with Gasteiger partial charge in [0.1, 0.15) is 0 Å². The summed E-state index contributed by atoms with van der Waals surface area (Å²) in [7, 11) is 0. The molecule has 1 N–H and O–H groups in total. The summed E-state index contributed by atoms with van der Waals surface area (Å²) in [6.07, 6.45) is 3.94. The van der Waals surface area contributed by atoms with Gasteiger partial charge in [-0.25, -0.2) is 0 Å². The Kier molecular flexibility index (Phi) is 4.41. The highest BCUT2D eigenvalue weighted by molar-refractivity contribution is 7.17. The zero-order chi connectivity index (χ0) is 19.1. The van der Waals surface area contributed by atoms with Crippen LogP contribution < -0.4 is 0 Å². The Hall–Kier alpha value is -2.64. The molecular formula is C21H22N4O2S. The van der Waals surface area contributed by atoms with Gasteiger partial charge in [-0.2, -0.15) is 9.50 Å². The summed E-state index contributed by atoms with van der Waals surface area (Å²) in [4.78, 5) is 8.60. The van der Waals surface area contributed by atoms with Crippen molar-refractivity contribution >= 4 is 16.3 Å². The van der Waals surface area contributed by atoms with Crippen LogP contribution in [0.4, 0.5) is 0 Å². The molecule has 1 atom stereocenters. The predicted molar refractivity (Wildman–Crippen MR) is 108 cm³/mol. The van der Waals surface area contributed by atoms with Crippen molar-refractivity contribution in [3.63, 3.8) is 0 Å². The Balaban J connectivity index is 1.57. The first-order valence-electron chi connectivity index (χ1n) is 9.62. The zero-order valence-electron chi connectivity index (χ0n) is 15.7. The maximum absolute atomic E-state index is 11.0. The molecule has 4 heterocycles. The summed E-state index contributed by atoms with van der Waals surface area (Å²) >= 11 is 1.50. The molecule has 1 saturated heterocycles. The second-order valence-electron chi connectivity index (χ2n) is 7.43. The van der Waals surface area contributed by atoms with Crippen molar-refractivity contribution in [3.05, 3.63) is 59.2 Å². The maximum atomic E-state index is 11.0. The number of thiazole rings is 1.